The number of carboxylic acids is 1. The van der Waals surface area contributed by atoms with E-state index in [1.807, 2.05) is 10.6 Å². The van der Waals surface area contributed by atoms with E-state index >= 15 is 8.78 Å². The van der Waals surface area contributed by atoms with E-state index in [1.165, 1.54) is 36.4 Å². The maximum atomic E-state index is 15.7. The van der Waals surface area contributed by atoms with Gasteiger partial charge in [-0.1, -0.05) is 12.1 Å². The normalized spacial score (nSPS) is 16.1. The van der Waals surface area contributed by atoms with Gasteiger partial charge in [0.2, 0.25) is 5.88 Å². The van der Waals surface area contributed by atoms with E-state index in [1.54, 1.807) is 19.2 Å². The first-order valence-electron chi connectivity index (χ1n) is 14.3. The van der Waals surface area contributed by atoms with E-state index < -0.39 is 23.4 Å². The van der Waals surface area contributed by atoms with Gasteiger partial charge in [0.05, 0.1) is 59.8 Å². The average Bonchev–Trinajstić information content (AvgIpc) is 3.65. The Bertz CT molecular complexity index is 1990. The molecule has 0 radical (unpaired) electrons. The monoisotopic (exact) mass is 628 g/mol. The van der Waals surface area contributed by atoms with Crippen LogP contribution in [0.5, 0.6) is 5.88 Å². The van der Waals surface area contributed by atoms with E-state index in [2.05, 4.69) is 9.97 Å². The molecule has 9 nitrogen and oxygen atoms in total. The van der Waals surface area contributed by atoms with Crippen LogP contribution >= 0.6 is 0 Å². The molecule has 1 aliphatic rings. The van der Waals surface area contributed by atoms with Gasteiger partial charge in [-0.25, -0.2) is 27.9 Å². The molecule has 0 saturated carbocycles. The van der Waals surface area contributed by atoms with E-state index in [0.717, 1.165) is 18.2 Å². The lowest BCUT2D eigenvalue weighted by Gasteiger charge is -2.22. The molecule has 0 bridgehead atoms. The van der Waals surface area contributed by atoms with Crippen molar-refractivity contribution in [3.8, 4) is 23.2 Å². The molecule has 3 heterocycles. The minimum Gasteiger partial charge on any atom is -0.478 e. The molecule has 0 aliphatic carbocycles. The molecule has 1 aliphatic heterocycles. The van der Waals surface area contributed by atoms with Gasteiger partial charge >= 0.3 is 5.97 Å². The number of carbonyl (C=O) groups is 1. The third-order valence-electron chi connectivity index (χ3n) is 7.93. The molecule has 2 atom stereocenters. The number of methoxy groups -OCH3 is 1. The Labute approximate surface area is 261 Å². The van der Waals surface area contributed by atoms with Gasteiger partial charge in [0, 0.05) is 36.6 Å². The Kier molecular flexibility index (Phi) is 8.70. The van der Waals surface area contributed by atoms with Crippen LogP contribution in [0.1, 0.15) is 38.9 Å². The number of halogens is 3. The van der Waals surface area contributed by atoms with Crippen LogP contribution in [0.15, 0.2) is 66.7 Å². The maximum absolute atomic E-state index is 15.7. The number of benzene rings is 3. The molecule has 234 valence electrons. The minimum atomic E-state index is -1.10. The molecule has 0 amide bonds. The first-order chi connectivity index (χ1) is 22.2. The molecular weight excluding hydrogens is 601 g/mol. The highest BCUT2D eigenvalue weighted by Crippen LogP contribution is 2.34. The van der Waals surface area contributed by atoms with Crippen LogP contribution < -0.4 is 4.74 Å². The third-order valence-corrected chi connectivity index (χ3v) is 7.93. The average molecular weight is 629 g/mol. The predicted molar refractivity (Wildman–Crippen MR) is 160 cm³/mol. The van der Waals surface area contributed by atoms with Crippen LogP contribution in [0, 0.1) is 34.7 Å². The van der Waals surface area contributed by atoms with E-state index in [9.17, 15) is 14.3 Å². The SMILES string of the molecule is COC[C@H]1COC[C@H]1n1c(Cc2cc(F)c(-c3cccc(OCc4ccc(C#N)cc4F)n3)cc2F)nc2ccc(C(=O)O)cc21. The molecule has 46 heavy (non-hydrogen) atoms. The van der Waals surface area contributed by atoms with Crippen molar-refractivity contribution in [1.29, 1.82) is 5.26 Å². The largest absolute Gasteiger partial charge is 0.478 e. The number of rotatable bonds is 10. The smallest absolute Gasteiger partial charge is 0.335 e. The van der Waals surface area contributed by atoms with Crippen LogP contribution in [0.25, 0.3) is 22.3 Å². The molecule has 0 spiro atoms. The van der Waals surface area contributed by atoms with Gasteiger partial charge in [-0.05, 0) is 54.1 Å². The summed E-state index contributed by atoms with van der Waals surface area (Å²) < 4.78 is 64.1. The van der Waals surface area contributed by atoms with Gasteiger partial charge in [-0.15, -0.1) is 0 Å². The topological polar surface area (TPSA) is 119 Å². The number of aromatic carboxylic acids is 1. The van der Waals surface area contributed by atoms with Crippen LogP contribution in [-0.2, 0) is 22.5 Å². The van der Waals surface area contributed by atoms with Gasteiger partial charge in [0.1, 0.15) is 29.9 Å². The van der Waals surface area contributed by atoms with Crippen LogP contribution in [0.2, 0.25) is 0 Å². The molecule has 2 aromatic heterocycles. The molecule has 5 aromatic rings. The van der Waals surface area contributed by atoms with Crippen LogP contribution in [0.4, 0.5) is 13.2 Å². The number of hydrogen-bond acceptors (Lipinski definition) is 7. The molecule has 1 N–H and O–H groups in total. The highest BCUT2D eigenvalue weighted by Gasteiger charge is 2.33. The van der Waals surface area contributed by atoms with Gasteiger partial charge in [-0.3, -0.25) is 0 Å². The van der Waals surface area contributed by atoms with Gasteiger partial charge in [0.25, 0.3) is 0 Å². The van der Waals surface area contributed by atoms with Gasteiger partial charge in [0.15, 0.2) is 0 Å². The maximum Gasteiger partial charge on any atom is 0.335 e. The Hall–Kier alpha value is -5.25. The van der Waals surface area contributed by atoms with E-state index in [0.29, 0.717) is 36.7 Å². The zero-order chi connectivity index (χ0) is 32.4. The molecule has 12 heteroatoms. The van der Waals surface area contributed by atoms with Crippen molar-refractivity contribution in [3.63, 3.8) is 0 Å². The van der Waals surface area contributed by atoms with E-state index in [4.69, 9.17) is 19.5 Å². The Morgan fingerprint density at radius 2 is 1.85 bits per heavy atom. The summed E-state index contributed by atoms with van der Waals surface area (Å²) in [6.07, 6.45) is -0.0803. The number of ether oxygens (including phenoxy) is 3. The van der Waals surface area contributed by atoms with Crippen molar-refractivity contribution >= 4 is 17.0 Å². The highest BCUT2D eigenvalue weighted by atomic mass is 19.1. The standard InChI is InChI=1S/C34H27F3N4O5/c1-44-15-23-16-45-18-31(23)41-30-11-20(34(42)43)7-8-29(30)39-32(41)12-22-10-27(37)24(13-26(22)36)28-3-2-4-33(40-28)46-17-21-6-5-19(14-38)9-25(21)35/h2-11,13,23,31H,12,15-18H2,1H3,(H,42,43)/t23-,31+/m0/s1. The number of aromatic nitrogens is 3. The summed E-state index contributed by atoms with van der Waals surface area (Å²) in [6, 6.07) is 16.9. The molecule has 0 unspecified atom stereocenters. The zero-order valence-electron chi connectivity index (χ0n) is 24.5. The second kappa shape index (κ2) is 13.0. The first-order valence-corrected chi connectivity index (χ1v) is 14.3. The summed E-state index contributed by atoms with van der Waals surface area (Å²) in [5, 5.41) is 18.5. The number of carboxylic acid groups (broad SMARTS) is 1. The number of imidazole rings is 1. The quantitative estimate of drug-likeness (QED) is 0.197. The number of pyridine rings is 1. The fraction of sp³-hybridized carbons (Fsp3) is 0.235. The number of nitrogens with zero attached hydrogens (tertiary/aromatic N) is 4. The summed E-state index contributed by atoms with van der Waals surface area (Å²) in [5.74, 6) is -2.69. The van der Waals surface area contributed by atoms with Crippen LogP contribution in [0.3, 0.4) is 0 Å². The Morgan fingerprint density at radius 3 is 2.61 bits per heavy atom. The summed E-state index contributed by atoms with van der Waals surface area (Å²) >= 11 is 0. The Balaban J connectivity index is 1.30. The number of nitriles is 1. The fourth-order valence-corrected chi connectivity index (χ4v) is 5.64. The van der Waals surface area contributed by atoms with Crippen molar-refractivity contribution in [1.82, 2.24) is 14.5 Å². The molecule has 6 rings (SSSR count). The summed E-state index contributed by atoms with van der Waals surface area (Å²) in [7, 11) is 1.58. The lowest BCUT2D eigenvalue weighted by Crippen LogP contribution is -2.23. The number of fused-ring (bicyclic) bond motifs is 1. The second-order valence-electron chi connectivity index (χ2n) is 10.9. The molecule has 3 aromatic carbocycles. The van der Waals surface area contributed by atoms with Crippen LogP contribution in [-0.4, -0.2) is 52.5 Å². The van der Waals surface area contributed by atoms with Crippen molar-refractivity contribution < 1.29 is 37.3 Å². The highest BCUT2D eigenvalue weighted by molar-refractivity contribution is 5.92. The lowest BCUT2D eigenvalue weighted by atomic mass is 10.0. The first kappa shape index (κ1) is 30.8. The van der Waals surface area contributed by atoms with Crippen molar-refractivity contribution in [3.05, 3.63) is 112 Å². The minimum absolute atomic E-state index is 0.0437. The number of hydrogen-bond donors (Lipinski definition) is 1. The molecule has 1 fully saturated rings. The summed E-state index contributed by atoms with van der Waals surface area (Å²) in [5.41, 5.74) is 1.57. The third kappa shape index (κ3) is 6.15. The van der Waals surface area contributed by atoms with Gasteiger partial charge in [-0.2, -0.15) is 5.26 Å². The van der Waals surface area contributed by atoms with Crippen molar-refractivity contribution in [2.24, 2.45) is 5.92 Å². The van der Waals surface area contributed by atoms with E-state index in [-0.39, 0.29) is 64.4 Å². The predicted octanol–water partition coefficient (Wildman–Crippen LogP) is 6.09. The Morgan fingerprint density at radius 1 is 1.02 bits per heavy atom. The molecule has 1 saturated heterocycles. The summed E-state index contributed by atoms with van der Waals surface area (Å²) in [4.78, 5) is 20.7. The van der Waals surface area contributed by atoms with Crippen molar-refractivity contribution in [2.45, 2.75) is 19.1 Å². The lowest BCUT2D eigenvalue weighted by molar-refractivity contribution is 0.0697. The second-order valence-corrected chi connectivity index (χ2v) is 10.9. The van der Waals surface area contributed by atoms with Crippen molar-refractivity contribution in [2.75, 3.05) is 26.9 Å². The summed E-state index contributed by atoms with van der Waals surface area (Å²) in [6.45, 7) is 0.946. The van der Waals surface area contributed by atoms with Gasteiger partial charge < -0.3 is 23.9 Å². The fourth-order valence-electron chi connectivity index (χ4n) is 5.64. The molecular formula is C34H27F3N4O5. The zero-order valence-corrected chi connectivity index (χ0v) is 24.5.